The van der Waals surface area contributed by atoms with E-state index in [0.29, 0.717) is 11.8 Å². The molecule has 1 N–H and O–H groups in total. The summed E-state index contributed by atoms with van der Waals surface area (Å²) in [6.45, 7) is 8.57. The van der Waals surface area contributed by atoms with Crippen LogP contribution in [0, 0.1) is 0 Å². The second-order valence-electron chi connectivity index (χ2n) is 4.53. The minimum Gasteiger partial charge on any atom is -0.342 e. The molecule has 0 saturated heterocycles. The van der Waals surface area contributed by atoms with Gasteiger partial charge in [-0.05, 0) is 6.42 Å². The Kier molecular flexibility index (Phi) is 2.90. The lowest BCUT2D eigenvalue weighted by atomic mass is 10.0. The smallest absolute Gasteiger partial charge is 0.181 e. The third-order valence-electron chi connectivity index (χ3n) is 2.93. The van der Waals surface area contributed by atoms with E-state index in [2.05, 4.69) is 47.6 Å². The fourth-order valence-electron chi connectivity index (χ4n) is 1.68. The first-order valence-corrected chi connectivity index (χ1v) is 5.84. The van der Waals surface area contributed by atoms with Crippen LogP contribution in [0.15, 0.2) is 6.33 Å². The first-order chi connectivity index (χ1) is 7.63. The predicted molar refractivity (Wildman–Crippen MR) is 66.6 cm³/mol. The van der Waals surface area contributed by atoms with Gasteiger partial charge in [-0.1, -0.05) is 27.7 Å². The molecule has 2 heterocycles. The zero-order chi connectivity index (χ0) is 11.7. The normalized spacial score (nSPS) is 13.6. The van der Waals surface area contributed by atoms with Crippen molar-refractivity contribution >= 4 is 11.2 Å². The van der Waals surface area contributed by atoms with Crippen molar-refractivity contribution < 1.29 is 1.43 Å². The molecule has 2 rings (SSSR count). The quantitative estimate of drug-likeness (QED) is 0.864. The van der Waals surface area contributed by atoms with Crippen LogP contribution in [0.2, 0.25) is 0 Å². The lowest BCUT2D eigenvalue weighted by molar-refractivity contribution is 0.686. The van der Waals surface area contributed by atoms with Crippen LogP contribution in [-0.4, -0.2) is 19.9 Å². The highest BCUT2D eigenvalue weighted by Gasteiger charge is 2.15. The van der Waals surface area contributed by atoms with Gasteiger partial charge in [0, 0.05) is 13.3 Å². The fourth-order valence-corrected chi connectivity index (χ4v) is 1.68. The Morgan fingerprint density at radius 2 is 2.06 bits per heavy atom. The van der Waals surface area contributed by atoms with E-state index >= 15 is 0 Å². The van der Waals surface area contributed by atoms with Crippen molar-refractivity contribution in [2.24, 2.45) is 0 Å². The van der Waals surface area contributed by atoms with Crippen molar-refractivity contribution in [3.05, 3.63) is 17.8 Å². The van der Waals surface area contributed by atoms with Crippen molar-refractivity contribution in [2.75, 3.05) is 0 Å². The molecule has 1 atom stereocenters. The molecule has 0 aliphatic heterocycles. The Morgan fingerprint density at radius 3 is 2.69 bits per heavy atom. The first-order valence-electron chi connectivity index (χ1n) is 5.84. The number of H-pyrrole nitrogens is 1. The summed E-state index contributed by atoms with van der Waals surface area (Å²) in [7, 11) is 0. The molecule has 2 aromatic heterocycles. The summed E-state index contributed by atoms with van der Waals surface area (Å²) in [4.78, 5) is 16.5. The van der Waals surface area contributed by atoms with Gasteiger partial charge in [-0.2, -0.15) is 0 Å². The topological polar surface area (TPSA) is 54.5 Å². The van der Waals surface area contributed by atoms with E-state index < -0.39 is 0 Å². The van der Waals surface area contributed by atoms with Gasteiger partial charge in [-0.25, -0.2) is 15.0 Å². The summed E-state index contributed by atoms with van der Waals surface area (Å²) in [5.74, 6) is 1.65. The molecule has 0 aromatic carbocycles. The molecule has 16 heavy (non-hydrogen) atoms. The number of aromatic amines is 1. The third kappa shape index (κ3) is 1.79. The molecular weight excluding hydrogens is 200 g/mol. The molecule has 2 aromatic rings. The zero-order valence-corrected chi connectivity index (χ0v) is 10.3. The Bertz CT molecular complexity index is 492. The van der Waals surface area contributed by atoms with E-state index in [1.54, 1.807) is 6.33 Å². The van der Waals surface area contributed by atoms with Crippen molar-refractivity contribution in [1.29, 1.82) is 0 Å². The largest absolute Gasteiger partial charge is 0.342 e. The number of nitrogens with zero attached hydrogens (tertiary/aromatic N) is 3. The van der Waals surface area contributed by atoms with Crippen LogP contribution >= 0.6 is 0 Å². The van der Waals surface area contributed by atoms with E-state index in [1.165, 1.54) is 0 Å². The van der Waals surface area contributed by atoms with E-state index in [1.807, 2.05) is 0 Å². The van der Waals surface area contributed by atoms with E-state index in [-0.39, 0.29) is 1.43 Å². The summed E-state index contributed by atoms with van der Waals surface area (Å²) in [6.07, 6.45) is 2.76. The molecule has 0 aliphatic carbocycles. The SMILES string of the molecule is CCC(C)c1nc(C(C)C)nc2nc[nH]c12.[HH]. The van der Waals surface area contributed by atoms with E-state index in [0.717, 1.165) is 29.1 Å². The van der Waals surface area contributed by atoms with Crippen LogP contribution < -0.4 is 0 Å². The molecule has 0 bridgehead atoms. The van der Waals surface area contributed by atoms with Crippen LogP contribution in [0.4, 0.5) is 0 Å². The molecule has 1 unspecified atom stereocenters. The van der Waals surface area contributed by atoms with Gasteiger partial charge in [-0.15, -0.1) is 0 Å². The van der Waals surface area contributed by atoms with E-state index in [4.69, 9.17) is 0 Å². The summed E-state index contributed by atoms with van der Waals surface area (Å²) >= 11 is 0. The maximum Gasteiger partial charge on any atom is 0.181 e. The lowest BCUT2D eigenvalue weighted by Gasteiger charge is -2.11. The molecule has 0 saturated carbocycles. The Labute approximate surface area is 97.0 Å². The van der Waals surface area contributed by atoms with Gasteiger partial charge in [0.1, 0.15) is 11.3 Å². The summed E-state index contributed by atoms with van der Waals surface area (Å²) < 4.78 is 0. The van der Waals surface area contributed by atoms with Gasteiger partial charge in [0.05, 0.1) is 12.0 Å². The minimum absolute atomic E-state index is 0. The van der Waals surface area contributed by atoms with Gasteiger partial charge in [-0.3, -0.25) is 0 Å². The van der Waals surface area contributed by atoms with Gasteiger partial charge < -0.3 is 4.98 Å². The predicted octanol–water partition coefficient (Wildman–Crippen LogP) is 3.24. The number of fused-ring (bicyclic) bond motifs is 1. The first kappa shape index (κ1) is 11.0. The van der Waals surface area contributed by atoms with Crippen LogP contribution in [0.3, 0.4) is 0 Å². The van der Waals surface area contributed by atoms with Crippen LogP contribution in [0.25, 0.3) is 11.2 Å². The van der Waals surface area contributed by atoms with Gasteiger partial charge in [0.25, 0.3) is 0 Å². The van der Waals surface area contributed by atoms with Crippen LogP contribution in [0.5, 0.6) is 0 Å². The van der Waals surface area contributed by atoms with E-state index in [9.17, 15) is 0 Å². The fraction of sp³-hybridized carbons (Fsp3) is 0.583. The van der Waals surface area contributed by atoms with Crippen molar-refractivity contribution in [1.82, 2.24) is 19.9 Å². The van der Waals surface area contributed by atoms with Crippen LogP contribution in [0.1, 0.15) is 58.9 Å². The Hall–Kier alpha value is -1.45. The molecule has 4 nitrogen and oxygen atoms in total. The van der Waals surface area contributed by atoms with Gasteiger partial charge >= 0.3 is 0 Å². The minimum atomic E-state index is 0. The molecule has 0 radical (unpaired) electrons. The molecular formula is C12H20N4. The maximum atomic E-state index is 4.66. The molecule has 0 amide bonds. The number of rotatable bonds is 3. The van der Waals surface area contributed by atoms with Gasteiger partial charge in [0.2, 0.25) is 0 Å². The highest BCUT2D eigenvalue weighted by Crippen LogP contribution is 2.24. The number of aromatic nitrogens is 4. The van der Waals surface area contributed by atoms with Crippen LogP contribution in [-0.2, 0) is 0 Å². The molecule has 88 valence electrons. The Morgan fingerprint density at radius 1 is 1.31 bits per heavy atom. The average molecular weight is 220 g/mol. The second-order valence-corrected chi connectivity index (χ2v) is 4.53. The number of hydrogen-bond donors (Lipinski definition) is 1. The lowest BCUT2D eigenvalue weighted by Crippen LogP contribution is -2.05. The highest BCUT2D eigenvalue weighted by molar-refractivity contribution is 5.73. The highest BCUT2D eigenvalue weighted by atomic mass is 15.0. The summed E-state index contributed by atoms with van der Waals surface area (Å²) in [5.41, 5.74) is 2.86. The summed E-state index contributed by atoms with van der Waals surface area (Å²) in [5, 5.41) is 0. The second kappa shape index (κ2) is 4.20. The molecule has 0 aliphatic rings. The third-order valence-corrected chi connectivity index (χ3v) is 2.93. The molecule has 0 spiro atoms. The summed E-state index contributed by atoms with van der Waals surface area (Å²) in [6, 6.07) is 0. The monoisotopic (exact) mass is 220 g/mol. The van der Waals surface area contributed by atoms with Crippen molar-refractivity contribution in [3.63, 3.8) is 0 Å². The maximum absolute atomic E-state index is 4.66. The number of nitrogens with one attached hydrogen (secondary N) is 1. The van der Waals surface area contributed by atoms with Crippen molar-refractivity contribution in [2.45, 2.75) is 46.0 Å². The molecule has 4 heteroatoms. The van der Waals surface area contributed by atoms with Crippen molar-refractivity contribution in [3.8, 4) is 0 Å². The Balaban J connectivity index is 0.00000144. The molecule has 0 fully saturated rings. The zero-order valence-electron chi connectivity index (χ0n) is 10.3. The average Bonchev–Trinajstić information content (AvgIpc) is 2.74. The standard InChI is InChI=1S/C12H18N4.H2/c1-5-8(4)9-10-12(14-6-13-10)16-11(15-9)7(2)3;/h6-8H,5H2,1-4H3,(H,13,14,15,16);1H. The van der Waals surface area contributed by atoms with Gasteiger partial charge in [0.15, 0.2) is 5.65 Å². The number of hydrogen-bond acceptors (Lipinski definition) is 3. The number of imidazole rings is 1.